The molecule has 0 saturated carbocycles. The van der Waals surface area contributed by atoms with Crippen molar-refractivity contribution in [1.29, 1.82) is 0 Å². The normalized spacial score (nSPS) is 10.5. The zero-order valence-electron chi connectivity index (χ0n) is 8.79. The van der Waals surface area contributed by atoms with Gasteiger partial charge in [0, 0.05) is 5.39 Å². The number of ether oxygens (including phenoxy) is 1. The van der Waals surface area contributed by atoms with Crippen LogP contribution in [0.15, 0.2) is 30.3 Å². The summed E-state index contributed by atoms with van der Waals surface area (Å²) in [6, 6.07) is 10.4. The van der Waals surface area contributed by atoms with Crippen molar-refractivity contribution >= 4 is 10.8 Å². The molecule has 14 heavy (non-hydrogen) atoms. The van der Waals surface area contributed by atoms with E-state index in [-0.39, 0.29) is 0 Å². The van der Waals surface area contributed by atoms with Crippen molar-refractivity contribution in [2.24, 2.45) is 0 Å². The van der Waals surface area contributed by atoms with E-state index < -0.39 is 0 Å². The highest BCUT2D eigenvalue weighted by Gasteiger charge is 2.05. The second kappa shape index (κ2) is 3.33. The summed E-state index contributed by atoms with van der Waals surface area (Å²) in [5.74, 6) is 0.962. The SMILES string of the molecule is COc1cc(C)c(C)c2ccccc12. The molecule has 0 fully saturated rings. The number of methoxy groups -OCH3 is 1. The standard InChI is InChI=1S/C13H14O/c1-9-8-13(14-3)12-7-5-4-6-11(12)10(9)2/h4-8H,1-3H3. The molecule has 0 heterocycles. The molecule has 2 aromatic rings. The summed E-state index contributed by atoms with van der Waals surface area (Å²) in [4.78, 5) is 0. The van der Waals surface area contributed by atoms with Crippen LogP contribution in [0.3, 0.4) is 0 Å². The first-order valence-electron chi connectivity index (χ1n) is 4.77. The van der Waals surface area contributed by atoms with E-state index >= 15 is 0 Å². The van der Waals surface area contributed by atoms with E-state index in [1.807, 2.05) is 6.07 Å². The number of hydrogen-bond acceptors (Lipinski definition) is 1. The van der Waals surface area contributed by atoms with Crippen LogP contribution in [0, 0.1) is 13.8 Å². The molecular formula is C13H14O. The molecule has 0 N–H and O–H groups in total. The maximum Gasteiger partial charge on any atom is 0.126 e. The third kappa shape index (κ3) is 1.25. The Hall–Kier alpha value is -1.50. The second-order valence-electron chi connectivity index (χ2n) is 3.57. The summed E-state index contributed by atoms with van der Waals surface area (Å²) in [5.41, 5.74) is 2.61. The van der Waals surface area contributed by atoms with Crippen LogP contribution in [0.1, 0.15) is 11.1 Å². The number of rotatable bonds is 1. The van der Waals surface area contributed by atoms with Gasteiger partial charge in [-0.2, -0.15) is 0 Å². The fourth-order valence-corrected chi connectivity index (χ4v) is 1.79. The van der Waals surface area contributed by atoms with Crippen LogP contribution in [0.4, 0.5) is 0 Å². The lowest BCUT2D eigenvalue weighted by Gasteiger charge is -2.10. The van der Waals surface area contributed by atoms with Crippen LogP contribution in [0.2, 0.25) is 0 Å². The van der Waals surface area contributed by atoms with Crippen LogP contribution >= 0.6 is 0 Å². The highest BCUT2D eigenvalue weighted by atomic mass is 16.5. The molecular weight excluding hydrogens is 172 g/mol. The number of hydrogen-bond donors (Lipinski definition) is 0. The largest absolute Gasteiger partial charge is 0.496 e. The van der Waals surface area contributed by atoms with E-state index in [0.29, 0.717) is 0 Å². The quantitative estimate of drug-likeness (QED) is 0.662. The minimum Gasteiger partial charge on any atom is -0.496 e. The van der Waals surface area contributed by atoms with Crippen molar-refractivity contribution in [2.75, 3.05) is 7.11 Å². The van der Waals surface area contributed by atoms with Gasteiger partial charge in [0.1, 0.15) is 5.75 Å². The Balaban J connectivity index is 2.89. The third-order valence-corrected chi connectivity index (χ3v) is 2.76. The summed E-state index contributed by atoms with van der Waals surface area (Å²) in [6.07, 6.45) is 0. The van der Waals surface area contributed by atoms with E-state index in [4.69, 9.17) is 4.74 Å². The van der Waals surface area contributed by atoms with Crippen LogP contribution in [-0.2, 0) is 0 Å². The highest BCUT2D eigenvalue weighted by Crippen LogP contribution is 2.30. The summed E-state index contributed by atoms with van der Waals surface area (Å²) >= 11 is 0. The van der Waals surface area contributed by atoms with E-state index in [1.165, 1.54) is 21.9 Å². The van der Waals surface area contributed by atoms with Gasteiger partial charge in [-0.1, -0.05) is 24.3 Å². The fourth-order valence-electron chi connectivity index (χ4n) is 1.79. The first-order valence-corrected chi connectivity index (χ1v) is 4.77. The molecule has 0 bridgehead atoms. The van der Waals surface area contributed by atoms with Gasteiger partial charge in [0.25, 0.3) is 0 Å². The summed E-state index contributed by atoms with van der Waals surface area (Å²) in [6.45, 7) is 4.27. The van der Waals surface area contributed by atoms with E-state index in [1.54, 1.807) is 7.11 Å². The predicted molar refractivity (Wildman–Crippen MR) is 60.0 cm³/mol. The monoisotopic (exact) mass is 186 g/mol. The van der Waals surface area contributed by atoms with Crippen molar-refractivity contribution in [1.82, 2.24) is 0 Å². The van der Waals surface area contributed by atoms with Gasteiger partial charge >= 0.3 is 0 Å². The molecule has 2 rings (SSSR count). The van der Waals surface area contributed by atoms with Gasteiger partial charge in [-0.25, -0.2) is 0 Å². The maximum absolute atomic E-state index is 5.36. The van der Waals surface area contributed by atoms with Crippen LogP contribution in [0.25, 0.3) is 10.8 Å². The summed E-state index contributed by atoms with van der Waals surface area (Å²) in [5, 5.41) is 2.47. The molecule has 1 nitrogen and oxygen atoms in total. The van der Waals surface area contributed by atoms with Crippen molar-refractivity contribution in [3.8, 4) is 5.75 Å². The molecule has 0 aliphatic rings. The lowest BCUT2D eigenvalue weighted by molar-refractivity contribution is 0.419. The molecule has 0 aliphatic heterocycles. The topological polar surface area (TPSA) is 9.23 Å². The van der Waals surface area contributed by atoms with E-state index in [0.717, 1.165) is 5.75 Å². The van der Waals surface area contributed by atoms with Crippen molar-refractivity contribution < 1.29 is 4.74 Å². The van der Waals surface area contributed by atoms with Gasteiger partial charge in [-0.3, -0.25) is 0 Å². The number of aryl methyl sites for hydroxylation is 2. The zero-order valence-corrected chi connectivity index (χ0v) is 8.79. The highest BCUT2D eigenvalue weighted by molar-refractivity contribution is 5.91. The summed E-state index contributed by atoms with van der Waals surface area (Å²) in [7, 11) is 1.72. The van der Waals surface area contributed by atoms with Crippen molar-refractivity contribution in [2.45, 2.75) is 13.8 Å². The molecule has 0 unspecified atom stereocenters. The van der Waals surface area contributed by atoms with Crippen molar-refractivity contribution in [3.05, 3.63) is 41.5 Å². The molecule has 0 aromatic heterocycles. The smallest absolute Gasteiger partial charge is 0.126 e. The predicted octanol–water partition coefficient (Wildman–Crippen LogP) is 3.47. The molecule has 1 heteroatoms. The molecule has 72 valence electrons. The molecule has 0 aliphatic carbocycles. The van der Waals surface area contributed by atoms with Crippen LogP contribution in [0.5, 0.6) is 5.75 Å². The molecule has 0 amide bonds. The van der Waals surface area contributed by atoms with Gasteiger partial charge in [0.2, 0.25) is 0 Å². The summed E-state index contributed by atoms with van der Waals surface area (Å²) < 4.78 is 5.36. The molecule has 0 spiro atoms. The first-order chi connectivity index (χ1) is 6.74. The van der Waals surface area contributed by atoms with Gasteiger partial charge in [-0.15, -0.1) is 0 Å². The first kappa shape index (κ1) is 9.07. The lowest BCUT2D eigenvalue weighted by Crippen LogP contribution is -1.89. The Kier molecular flexibility index (Phi) is 2.16. The second-order valence-corrected chi connectivity index (χ2v) is 3.57. The Morgan fingerprint density at radius 2 is 1.64 bits per heavy atom. The van der Waals surface area contributed by atoms with Gasteiger partial charge in [0.15, 0.2) is 0 Å². The van der Waals surface area contributed by atoms with Gasteiger partial charge in [-0.05, 0) is 36.4 Å². The average Bonchev–Trinajstić information content (AvgIpc) is 2.23. The third-order valence-electron chi connectivity index (χ3n) is 2.76. The molecule has 0 atom stereocenters. The number of fused-ring (bicyclic) bond motifs is 1. The Morgan fingerprint density at radius 1 is 1.00 bits per heavy atom. The van der Waals surface area contributed by atoms with Gasteiger partial charge < -0.3 is 4.74 Å². The maximum atomic E-state index is 5.36. The lowest BCUT2D eigenvalue weighted by atomic mass is 10.0. The van der Waals surface area contributed by atoms with Crippen molar-refractivity contribution in [3.63, 3.8) is 0 Å². The average molecular weight is 186 g/mol. The minimum absolute atomic E-state index is 0.962. The van der Waals surface area contributed by atoms with E-state index in [2.05, 4.69) is 38.1 Å². The fraction of sp³-hybridized carbons (Fsp3) is 0.231. The Labute approximate surface area is 84.3 Å². The van der Waals surface area contributed by atoms with Gasteiger partial charge in [0.05, 0.1) is 7.11 Å². The van der Waals surface area contributed by atoms with E-state index in [9.17, 15) is 0 Å². The molecule has 0 saturated heterocycles. The molecule has 0 radical (unpaired) electrons. The number of benzene rings is 2. The van der Waals surface area contributed by atoms with Crippen LogP contribution in [-0.4, -0.2) is 7.11 Å². The Bertz CT molecular complexity index is 472. The van der Waals surface area contributed by atoms with Crippen LogP contribution < -0.4 is 4.74 Å². The Morgan fingerprint density at radius 3 is 2.29 bits per heavy atom. The zero-order chi connectivity index (χ0) is 10.1. The minimum atomic E-state index is 0.962. The molecule has 2 aromatic carbocycles.